The number of hydrogen-bond donors (Lipinski definition) is 2. The van der Waals surface area contributed by atoms with Crippen LogP contribution in [-0.4, -0.2) is 28.6 Å². The van der Waals surface area contributed by atoms with Gasteiger partial charge in [-0.25, -0.2) is 0 Å². The van der Waals surface area contributed by atoms with Crippen molar-refractivity contribution >= 4 is 17.6 Å². The minimum Gasteiger partial charge on any atom is -0.467 e. The number of ether oxygens (including phenoxy) is 1. The predicted molar refractivity (Wildman–Crippen MR) is 79.7 cm³/mol. The van der Waals surface area contributed by atoms with Crippen LogP contribution in [0, 0.1) is 13.8 Å². The molecule has 20 heavy (non-hydrogen) atoms. The maximum absolute atomic E-state index is 5.09. The number of aromatic nitrogens is 3. The molecule has 1 aromatic carbocycles. The van der Waals surface area contributed by atoms with Crippen molar-refractivity contribution in [3.63, 3.8) is 0 Å². The normalized spacial score (nSPS) is 10.2. The summed E-state index contributed by atoms with van der Waals surface area (Å²) in [4.78, 5) is 12.6. The molecule has 6 heteroatoms. The molecule has 0 saturated heterocycles. The molecule has 1 heterocycles. The summed E-state index contributed by atoms with van der Waals surface area (Å²) in [6.45, 7) is 6.84. The van der Waals surface area contributed by atoms with Crippen molar-refractivity contribution in [3.05, 3.63) is 29.3 Å². The fourth-order valence-corrected chi connectivity index (χ4v) is 1.75. The van der Waals surface area contributed by atoms with E-state index in [-0.39, 0.29) is 6.01 Å². The molecule has 2 N–H and O–H groups in total. The third-order valence-corrected chi connectivity index (χ3v) is 2.98. The molecule has 0 aliphatic rings. The number of hydrogen-bond acceptors (Lipinski definition) is 6. The lowest BCUT2D eigenvalue weighted by molar-refractivity contribution is 0.379. The molecule has 0 aliphatic heterocycles. The first-order chi connectivity index (χ1) is 9.63. The minimum absolute atomic E-state index is 0.281. The monoisotopic (exact) mass is 273 g/mol. The summed E-state index contributed by atoms with van der Waals surface area (Å²) in [7, 11) is 1.53. The molecule has 2 aromatic rings. The van der Waals surface area contributed by atoms with Crippen LogP contribution in [0.3, 0.4) is 0 Å². The van der Waals surface area contributed by atoms with E-state index in [1.54, 1.807) is 0 Å². The van der Waals surface area contributed by atoms with E-state index < -0.39 is 0 Å². The van der Waals surface area contributed by atoms with E-state index in [2.05, 4.69) is 45.5 Å². The van der Waals surface area contributed by atoms with Gasteiger partial charge in [-0.15, -0.1) is 0 Å². The molecular formula is C14H19N5O. The zero-order valence-corrected chi connectivity index (χ0v) is 12.2. The predicted octanol–water partition coefficient (Wildman–Crippen LogP) is 2.67. The quantitative estimate of drug-likeness (QED) is 0.872. The molecule has 0 aliphatic carbocycles. The number of benzene rings is 1. The molecule has 0 fully saturated rings. The maximum Gasteiger partial charge on any atom is 0.322 e. The molecule has 0 atom stereocenters. The van der Waals surface area contributed by atoms with E-state index in [1.165, 1.54) is 12.7 Å². The van der Waals surface area contributed by atoms with E-state index >= 15 is 0 Å². The minimum atomic E-state index is 0.281. The molecule has 0 amide bonds. The van der Waals surface area contributed by atoms with Crippen LogP contribution in [0.4, 0.5) is 17.6 Å². The third kappa shape index (κ3) is 3.14. The zero-order valence-electron chi connectivity index (χ0n) is 12.2. The van der Waals surface area contributed by atoms with Gasteiger partial charge >= 0.3 is 6.01 Å². The SMILES string of the molecule is CCNc1nc(Nc2cccc(C)c2C)nc(OC)n1. The van der Waals surface area contributed by atoms with Crippen molar-refractivity contribution in [2.45, 2.75) is 20.8 Å². The Balaban J connectivity index is 2.32. The summed E-state index contributed by atoms with van der Waals surface area (Å²) in [5, 5.41) is 6.26. The Morgan fingerprint density at radius 1 is 1.10 bits per heavy atom. The number of rotatable bonds is 5. The molecular weight excluding hydrogens is 254 g/mol. The second-order valence-corrected chi connectivity index (χ2v) is 4.37. The largest absolute Gasteiger partial charge is 0.467 e. The maximum atomic E-state index is 5.09. The fourth-order valence-electron chi connectivity index (χ4n) is 1.75. The summed E-state index contributed by atoms with van der Waals surface area (Å²) in [5.41, 5.74) is 3.35. The highest BCUT2D eigenvalue weighted by molar-refractivity contribution is 5.60. The number of methoxy groups -OCH3 is 1. The van der Waals surface area contributed by atoms with Gasteiger partial charge in [0.05, 0.1) is 7.11 Å². The van der Waals surface area contributed by atoms with Crippen molar-refractivity contribution < 1.29 is 4.74 Å². The van der Waals surface area contributed by atoms with Gasteiger partial charge < -0.3 is 15.4 Å². The molecule has 0 radical (unpaired) electrons. The van der Waals surface area contributed by atoms with Crippen LogP contribution in [0.1, 0.15) is 18.1 Å². The van der Waals surface area contributed by atoms with Crippen molar-refractivity contribution in [2.75, 3.05) is 24.3 Å². The lowest BCUT2D eigenvalue weighted by atomic mass is 10.1. The van der Waals surface area contributed by atoms with Crippen LogP contribution >= 0.6 is 0 Å². The number of aryl methyl sites for hydroxylation is 1. The summed E-state index contributed by atoms with van der Waals surface area (Å²) in [5.74, 6) is 0.952. The molecule has 0 saturated carbocycles. The van der Waals surface area contributed by atoms with Crippen molar-refractivity contribution in [1.29, 1.82) is 0 Å². The lowest BCUT2D eigenvalue weighted by Gasteiger charge is -2.11. The smallest absolute Gasteiger partial charge is 0.322 e. The highest BCUT2D eigenvalue weighted by Crippen LogP contribution is 2.22. The lowest BCUT2D eigenvalue weighted by Crippen LogP contribution is -2.08. The van der Waals surface area contributed by atoms with Gasteiger partial charge in [0.1, 0.15) is 0 Å². The van der Waals surface area contributed by atoms with Gasteiger partial charge in [-0.3, -0.25) is 0 Å². The van der Waals surface area contributed by atoms with Crippen LogP contribution in [0.5, 0.6) is 6.01 Å². The Hall–Kier alpha value is -2.37. The fraction of sp³-hybridized carbons (Fsp3) is 0.357. The van der Waals surface area contributed by atoms with E-state index in [0.717, 1.165) is 17.8 Å². The molecule has 0 spiro atoms. The number of nitrogens with one attached hydrogen (secondary N) is 2. The Kier molecular flexibility index (Phi) is 4.34. The topological polar surface area (TPSA) is 72.0 Å². The third-order valence-electron chi connectivity index (χ3n) is 2.98. The van der Waals surface area contributed by atoms with Crippen LogP contribution in [0.2, 0.25) is 0 Å². The second kappa shape index (κ2) is 6.18. The Bertz CT molecular complexity index is 600. The summed E-state index contributed by atoms with van der Waals surface area (Å²) in [6, 6.07) is 6.34. The molecule has 2 rings (SSSR count). The molecule has 106 valence electrons. The van der Waals surface area contributed by atoms with Crippen molar-refractivity contribution in [3.8, 4) is 6.01 Å². The standard InChI is InChI=1S/C14H19N5O/c1-5-15-12-17-13(19-14(18-12)20-4)16-11-8-6-7-9(2)10(11)3/h6-8H,5H2,1-4H3,(H2,15,16,17,18,19). The van der Waals surface area contributed by atoms with Crippen molar-refractivity contribution in [1.82, 2.24) is 15.0 Å². The first-order valence-corrected chi connectivity index (χ1v) is 6.51. The van der Waals surface area contributed by atoms with Gasteiger partial charge in [0.25, 0.3) is 0 Å². The second-order valence-electron chi connectivity index (χ2n) is 4.37. The Labute approximate surface area is 118 Å². The van der Waals surface area contributed by atoms with Gasteiger partial charge in [0.2, 0.25) is 11.9 Å². The number of nitrogens with zero attached hydrogens (tertiary/aromatic N) is 3. The molecule has 0 unspecified atom stereocenters. The first kappa shape index (κ1) is 14.0. The van der Waals surface area contributed by atoms with Gasteiger partial charge in [0, 0.05) is 12.2 Å². The zero-order chi connectivity index (χ0) is 14.5. The highest BCUT2D eigenvalue weighted by Gasteiger charge is 2.08. The van der Waals surface area contributed by atoms with E-state index in [4.69, 9.17) is 4.74 Å². The van der Waals surface area contributed by atoms with E-state index in [1.807, 2.05) is 19.1 Å². The average Bonchev–Trinajstić information content (AvgIpc) is 2.44. The van der Waals surface area contributed by atoms with E-state index in [0.29, 0.717) is 11.9 Å². The van der Waals surface area contributed by atoms with Crippen LogP contribution in [-0.2, 0) is 0 Å². The van der Waals surface area contributed by atoms with Gasteiger partial charge in [0.15, 0.2) is 0 Å². The summed E-state index contributed by atoms with van der Waals surface area (Å²) in [6.07, 6.45) is 0. The summed E-state index contributed by atoms with van der Waals surface area (Å²) >= 11 is 0. The highest BCUT2D eigenvalue weighted by atomic mass is 16.5. The van der Waals surface area contributed by atoms with Crippen molar-refractivity contribution in [2.24, 2.45) is 0 Å². The average molecular weight is 273 g/mol. The van der Waals surface area contributed by atoms with Crippen LogP contribution < -0.4 is 15.4 Å². The number of anilines is 3. The van der Waals surface area contributed by atoms with Gasteiger partial charge in [-0.2, -0.15) is 15.0 Å². The van der Waals surface area contributed by atoms with Crippen LogP contribution in [0.15, 0.2) is 18.2 Å². The van der Waals surface area contributed by atoms with E-state index in [9.17, 15) is 0 Å². The Morgan fingerprint density at radius 2 is 1.85 bits per heavy atom. The van der Waals surface area contributed by atoms with Gasteiger partial charge in [-0.05, 0) is 38.0 Å². The van der Waals surface area contributed by atoms with Gasteiger partial charge in [-0.1, -0.05) is 12.1 Å². The molecule has 0 bridgehead atoms. The first-order valence-electron chi connectivity index (χ1n) is 6.51. The Morgan fingerprint density at radius 3 is 2.55 bits per heavy atom. The molecule has 6 nitrogen and oxygen atoms in total. The summed E-state index contributed by atoms with van der Waals surface area (Å²) < 4.78 is 5.09. The molecule has 1 aromatic heterocycles. The van der Waals surface area contributed by atoms with Crippen LogP contribution in [0.25, 0.3) is 0 Å².